The predicted molar refractivity (Wildman–Crippen MR) is 240 cm³/mol. The van der Waals surface area contributed by atoms with Crippen LogP contribution in [0.2, 0.25) is 0 Å². The Morgan fingerprint density at radius 3 is 2.13 bits per heavy atom. The van der Waals surface area contributed by atoms with Gasteiger partial charge in [-0.25, -0.2) is 0 Å². The van der Waals surface area contributed by atoms with Crippen LogP contribution in [-0.4, -0.2) is 188 Å². The van der Waals surface area contributed by atoms with Gasteiger partial charge in [-0.15, -0.1) is 0 Å². The Kier molecular flexibility index (Phi) is 21.5. The number of ketones is 1. The normalized spacial score (nSPS) is 44.3. The van der Waals surface area contributed by atoms with Gasteiger partial charge in [-0.3, -0.25) is 14.4 Å². The zero-order valence-electron chi connectivity index (χ0n) is 41.6. The summed E-state index contributed by atoms with van der Waals surface area (Å²) in [4.78, 5) is 54.9. The standard InChI is InChI=1S/C48H79NO18/c1-14-34-32(23-60-47-44(59-13)43(58-12)39(54)27(5)62-47)19-24(2)15-16-33(52)25(3)20-31(17-18-50)41(26(4)35(64-30(8)51)21-36(53)65-34)67-46-40(55)38(49(10)11)42(28(6)63-46)66-37-22-48(9,57)45(56)29(7)61-37/h15-16,18-19,25-29,31-32,34-35,37-47,54-57H,14,17,20-23H2,1-13H3/b16-15+,24-19+/t25-,26+,27-,28-,29+,31+,32?,34-,35-,37+,38-,39-,40-,41-,42-,43-,44-,45+,46+,47-,48-/m1/s1. The molecule has 0 aromatic rings. The molecule has 19 nitrogen and oxygen atoms in total. The molecule has 3 fully saturated rings. The number of cyclic esters (lactones) is 1. The highest BCUT2D eigenvalue weighted by Gasteiger charge is 2.52. The Labute approximate surface area is 395 Å². The van der Waals surface area contributed by atoms with E-state index in [9.17, 15) is 39.6 Å². The molecule has 3 saturated heterocycles. The second-order valence-electron chi connectivity index (χ2n) is 19.3. The van der Waals surface area contributed by atoms with Crippen LogP contribution >= 0.6 is 0 Å². The van der Waals surface area contributed by atoms with Gasteiger partial charge in [-0.2, -0.15) is 0 Å². The van der Waals surface area contributed by atoms with Crippen molar-refractivity contribution in [2.75, 3.05) is 34.9 Å². The molecule has 4 rings (SSSR count). The van der Waals surface area contributed by atoms with E-state index in [1.165, 1.54) is 34.1 Å². The van der Waals surface area contributed by atoms with Gasteiger partial charge in [0.25, 0.3) is 0 Å². The second-order valence-corrected chi connectivity index (χ2v) is 19.3. The molecular weight excluding hydrogens is 879 g/mol. The summed E-state index contributed by atoms with van der Waals surface area (Å²) in [5.74, 6) is -4.40. The summed E-state index contributed by atoms with van der Waals surface area (Å²) < 4.78 is 60.9. The highest BCUT2D eigenvalue weighted by Crippen LogP contribution is 2.38. The third-order valence-corrected chi connectivity index (χ3v) is 13.7. The highest BCUT2D eigenvalue weighted by molar-refractivity contribution is 5.91. The molecule has 21 atom stereocenters. The van der Waals surface area contributed by atoms with E-state index in [2.05, 4.69) is 0 Å². The summed E-state index contributed by atoms with van der Waals surface area (Å²) in [6.07, 6.45) is -8.72. The van der Waals surface area contributed by atoms with E-state index in [4.69, 9.17) is 47.4 Å². The van der Waals surface area contributed by atoms with Gasteiger partial charge in [0.05, 0.1) is 49.1 Å². The Hall–Kier alpha value is -2.76. The largest absolute Gasteiger partial charge is 0.462 e. The minimum Gasteiger partial charge on any atom is -0.462 e. The number of esters is 2. The average molecular weight is 958 g/mol. The van der Waals surface area contributed by atoms with Crippen molar-refractivity contribution in [1.82, 2.24) is 4.90 Å². The van der Waals surface area contributed by atoms with Crippen LogP contribution in [0.3, 0.4) is 0 Å². The quantitative estimate of drug-likeness (QED) is 0.144. The fourth-order valence-corrected chi connectivity index (χ4v) is 9.86. The van der Waals surface area contributed by atoms with Gasteiger partial charge in [0.15, 0.2) is 24.7 Å². The van der Waals surface area contributed by atoms with Crippen molar-refractivity contribution in [3.63, 3.8) is 0 Å². The number of allylic oxidation sites excluding steroid dienone is 3. The predicted octanol–water partition coefficient (Wildman–Crippen LogP) is 2.40. The number of carbonyl (C=O) groups excluding carboxylic acids is 4. The number of hydrogen-bond acceptors (Lipinski definition) is 19. The summed E-state index contributed by atoms with van der Waals surface area (Å²) in [6, 6.07) is -0.777. The first-order chi connectivity index (χ1) is 31.5. The Morgan fingerprint density at radius 2 is 1.55 bits per heavy atom. The lowest BCUT2D eigenvalue weighted by molar-refractivity contribution is -0.342. The average Bonchev–Trinajstić information content (AvgIpc) is 3.25. The lowest BCUT2D eigenvalue weighted by Crippen LogP contribution is -2.65. The first kappa shape index (κ1) is 56.8. The molecular formula is C48H79NO18. The van der Waals surface area contributed by atoms with E-state index in [0.29, 0.717) is 18.3 Å². The van der Waals surface area contributed by atoms with Crippen LogP contribution < -0.4 is 0 Å². The number of aliphatic hydroxyl groups excluding tert-OH is 3. The lowest BCUT2D eigenvalue weighted by Gasteiger charge is -2.50. The minimum absolute atomic E-state index is 0.0309. The van der Waals surface area contributed by atoms with Crippen LogP contribution in [0.1, 0.15) is 94.4 Å². The summed E-state index contributed by atoms with van der Waals surface area (Å²) in [5, 5.41) is 44.2. The van der Waals surface area contributed by atoms with E-state index in [1.54, 1.807) is 66.6 Å². The first-order valence-electron chi connectivity index (χ1n) is 23.6. The summed E-state index contributed by atoms with van der Waals surface area (Å²) in [5.41, 5.74) is -0.838. The van der Waals surface area contributed by atoms with Crippen molar-refractivity contribution in [2.45, 2.75) is 198 Å². The van der Waals surface area contributed by atoms with Crippen LogP contribution in [0.15, 0.2) is 23.8 Å². The highest BCUT2D eigenvalue weighted by atomic mass is 16.7. The van der Waals surface area contributed by atoms with E-state index >= 15 is 0 Å². The SMILES string of the molecule is CC[C@H]1OC(=O)C[C@@H](OC(C)=O)[C@H](C)[C@@H](O[C@@H]2O[C@H](C)[C@@H](O[C@H]3C[C@@](C)(O)[C@@H](O)[C@H](C)O3)[C@H](N(C)C)[C@H]2O)[C@@H](CC=O)C[C@@H](C)C(=O)/C=C/C(C)=C/C1CO[C@@H]1O[C@H](C)[C@@H](O)[C@@H](OC)[C@H]1OC. The number of nitrogens with zero attached hydrogens (tertiary/aromatic N) is 1. The van der Waals surface area contributed by atoms with Crippen molar-refractivity contribution in [1.29, 1.82) is 0 Å². The molecule has 0 aromatic carbocycles. The van der Waals surface area contributed by atoms with Crippen LogP contribution in [-0.2, 0) is 66.5 Å². The topological polar surface area (TPSA) is 245 Å². The van der Waals surface area contributed by atoms with Gasteiger partial charge in [0.1, 0.15) is 55.1 Å². The monoisotopic (exact) mass is 958 g/mol. The number of carbonyl (C=O) groups is 4. The number of hydrogen-bond donors (Lipinski definition) is 4. The van der Waals surface area contributed by atoms with E-state index in [1.807, 2.05) is 13.0 Å². The van der Waals surface area contributed by atoms with Gasteiger partial charge < -0.3 is 77.5 Å². The Morgan fingerprint density at radius 1 is 0.896 bits per heavy atom. The zero-order chi connectivity index (χ0) is 50.1. The molecule has 384 valence electrons. The van der Waals surface area contributed by atoms with Crippen LogP contribution in [0.4, 0.5) is 0 Å². The van der Waals surface area contributed by atoms with Crippen LogP contribution in [0.5, 0.6) is 0 Å². The molecule has 4 aliphatic rings. The van der Waals surface area contributed by atoms with E-state index in [-0.39, 0.29) is 31.7 Å². The third-order valence-electron chi connectivity index (χ3n) is 13.7. The van der Waals surface area contributed by atoms with Gasteiger partial charge >= 0.3 is 11.9 Å². The maximum atomic E-state index is 14.1. The molecule has 4 heterocycles. The number of ether oxygens (including phenoxy) is 10. The fraction of sp³-hybridized carbons (Fsp3) is 0.833. The van der Waals surface area contributed by atoms with Gasteiger partial charge in [0.2, 0.25) is 0 Å². The van der Waals surface area contributed by atoms with Gasteiger partial charge in [-0.05, 0) is 73.5 Å². The molecule has 0 bridgehead atoms. The molecule has 0 saturated carbocycles. The molecule has 0 amide bonds. The molecule has 4 N–H and O–H groups in total. The first-order valence-corrected chi connectivity index (χ1v) is 23.6. The molecule has 0 aliphatic carbocycles. The smallest absolute Gasteiger partial charge is 0.309 e. The molecule has 0 aromatic heterocycles. The van der Waals surface area contributed by atoms with Gasteiger partial charge in [0, 0.05) is 51.7 Å². The van der Waals surface area contributed by atoms with Crippen molar-refractivity contribution in [3.05, 3.63) is 23.8 Å². The molecule has 0 radical (unpaired) electrons. The minimum atomic E-state index is -1.51. The third kappa shape index (κ3) is 14.6. The number of aldehydes is 1. The maximum absolute atomic E-state index is 14.1. The second kappa shape index (κ2) is 25.4. The number of rotatable bonds is 14. The summed E-state index contributed by atoms with van der Waals surface area (Å²) >= 11 is 0. The number of methoxy groups -OCH3 is 2. The van der Waals surface area contributed by atoms with Crippen LogP contribution in [0, 0.1) is 23.7 Å². The number of aliphatic hydroxyl groups is 4. The van der Waals surface area contributed by atoms with Crippen molar-refractivity contribution in [3.8, 4) is 0 Å². The Balaban J connectivity index is 1.69. The maximum Gasteiger partial charge on any atom is 0.309 e. The molecule has 4 aliphatic heterocycles. The molecule has 0 spiro atoms. The van der Waals surface area contributed by atoms with E-state index < -0.39 is 146 Å². The number of likely N-dealkylation sites (N-methyl/N-ethyl adjacent to an activating group) is 1. The fourth-order valence-electron chi connectivity index (χ4n) is 9.86. The zero-order valence-corrected chi connectivity index (χ0v) is 41.6. The van der Waals surface area contributed by atoms with Crippen LogP contribution in [0.25, 0.3) is 0 Å². The molecule has 67 heavy (non-hydrogen) atoms. The Bertz CT molecular complexity index is 1670. The summed E-state index contributed by atoms with van der Waals surface area (Å²) in [6.45, 7) is 14.8. The van der Waals surface area contributed by atoms with E-state index in [0.717, 1.165) is 0 Å². The molecule has 1 unspecified atom stereocenters. The summed E-state index contributed by atoms with van der Waals surface area (Å²) in [7, 11) is 6.41. The van der Waals surface area contributed by atoms with Crippen molar-refractivity contribution in [2.24, 2.45) is 23.7 Å². The van der Waals surface area contributed by atoms with Crippen molar-refractivity contribution < 1.29 is 87.0 Å². The van der Waals surface area contributed by atoms with Gasteiger partial charge in [-0.1, -0.05) is 38.5 Å². The molecule has 19 heteroatoms. The lowest BCUT2D eigenvalue weighted by atomic mass is 9.79. The van der Waals surface area contributed by atoms with Crippen molar-refractivity contribution >= 4 is 24.0 Å².